The Kier molecular flexibility index (Phi) is 15.4. The Hall–Kier alpha value is -2.77. The van der Waals surface area contributed by atoms with Crippen molar-refractivity contribution in [1.82, 2.24) is 16.0 Å². The number of unbranched alkanes of at least 4 members (excludes halogenated alkanes) is 2. The van der Waals surface area contributed by atoms with E-state index in [1.807, 2.05) is 0 Å². The third-order valence-electron chi connectivity index (χ3n) is 4.59. The van der Waals surface area contributed by atoms with E-state index in [1.54, 1.807) is 0 Å². The van der Waals surface area contributed by atoms with Crippen molar-refractivity contribution in [2.75, 3.05) is 19.6 Å². The third-order valence-corrected chi connectivity index (χ3v) is 4.59. The molecule has 32 heavy (non-hydrogen) atoms. The molecule has 0 aliphatic carbocycles. The van der Waals surface area contributed by atoms with E-state index in [2.05, 4.69) is 16.0 Å². The normalized spacial score (nSPS) is 13.5. The van der Waals surface area contributed by atoms with Gasteiger partial charge in [0.05, 0.1) is 12.6 Å². The molecule has 13 heteroatoms. The molecule has 0 fully saturated rings. The van der Waals surface area contributed by atoms with Crippen LogP contribution >= 0.6 is 0 Å². The van der Waals surface area contributed by atoms with E-state index < -0.39 is 60.8 Å². The number of rotatable bonds is 18. The summed E-state index contributed by atoms with van der Waals surface area (Å²) in [6, 6.07) is -3.15. The molecule has 3 unspecified atom stereocenters. The van der Waals surface area contributed by atoms with Crippen LogP contribution in [0.4, 0.5) is 0 Å². The number of carboxylic acids is 2. The van der Waals surface area contributed by atoms with E-state index in [1.165, 1.54) is 0 Å². The van der Waals surface area contributed by atoms with Crippen LogP contribution < -0.4 is 33.2 Å². The van der Waals surface area contributed by atoms with E-state index in [4.69, 9.17) is 27.4 Å². The van der Waals surface area contributed by atoms with Crippen molar-refractivity contribution in [3.05, 3.63) is 0 Å². The van der Waals surface area contributed by atoms with Gasteiger partial charge in [0.1, 0.15) is 12.1 Å². The molecule has 0 aromatic rings. The minimum atomic E-state index is -1.40. The molecule has 0 aliphatic heterocycles. The van der Waals surface area contributed by atoms with E-state index in [9.17, 15) is 24.0 Å². The number of carboxylic acid groups (broad SMARTS) is 2. The van der Waals surface area contributed by atoms with Gasteiger partial charge in [-0.15, -0.1) is 0 Å². The van der Waals surface area contributed by atoms with Crippen LogP contribution in [0.25, 0.3) is 0 Å². The number of nitrogens with two attached hydrogens (primary N) is 3. The summed E-state index contributed by atoms with van der Waals surface area (Å²) >= 11 is 0. The monoisotopic (exact) mass is 460 g/mol. The summed E-state index contributed by atoms with van der Waals surface area (Å²) in [5.74, 6) is -4.52. The first-order valence-corrected chi connectivity index (χ1v) is 10.6. The average Bonchev–Trinajstić information content (AvgIpc) is 2.73. The summed E-state index contributed by atoms with van der Waals surface area (Å²) in [6.07, 6.45) is 2.53. The van der Waals surface area contributed by atoms with Gasteiger partial charge in [-0.1, -0.05) is 6.42 Å². The fraction of sp³-hybridized carbons (Fsp3) is 0.737. The molecule has 0 bridgehead atoms. The van der Waals surface area contributed by atoms with Crippen LogP contribution in [0.15, 0.2) is 0 Å². The maximum absolute atomic E-state index is 12.5. The van der Waals surface area contributed by atoms with Gasteiger partial charge in [-0.25, -0.2) is 4.79 Å². The lowest BCUT2D eigenvalue weighted by atomic mass is 10.1. The van der Waals surface area contributed by atoms with Crippen molar-refractivity contribution in [1.29, 1.82) is 0 Å². The molecule has 0 spiro atoms. The zero-order chi connectivity index (χ0) is 24.5. The molecule has 0 radical (unpaired) electrons. The zero-order valence-electron chi connectivity index (χ0n) is 18.2. The quantitative estimate of drug-likeness (QED) is 0.101. The van der Waals surface area contributed by atoms with Crippen LogP contribution in [0.3, 0.4) is 0 Å². The SMILES string of the molecule is NCCCCC(N)C(=O)NC(CCCCN)C(=O)NCC(=O)NC(CCC(=O)O)C(=O)O. The smallest absolute Gasteiger partial charge is 0.326 e. The maximum atomic E-state index is 12.5. The average molecular weight is 461 g/mol. The van der Waals surface area contributed by atoms with Crippen LogP contribution in [-0.4, -0.2) is 77.6 Å². The Morgan fingerprint density at radius 2 is 1.34 bits per heavy atom. The molecule has 0 aromatic carbocycles. The molecule has 0 aliphatic rings. The number of aliphatic carboxylic acids is 2. The van der Waals surface area contributed by atoms with Gasteiger partial charge in [0.25, 0.3) is 0 Å². The fourth-order valence-corrected chi connectivity index (χ4v) is 2.74. The highest BCUT2D eigenvalue weighted by molar-refractivity contribution is 5.92. The van der Waals surface area contributed by atoms with E-state index in [0.29, 0.717) is 38.8 Å². The lowest BCUT2D eigenvalue weighted by Crippen LogP contribution is -2.53. The summed E-state index contributed by atoms with van der Waals surface area (Å²) in [5, 5.41) is 24.8. The van der Waals surface area contributed by atoms with Crippen molar-refractivity contribution in [3.8, 4) is 0 Å². The molecule has 11 N–H and O–H groups in total. The summed E-state index contributed by atoms with van der Waals surface area (Å²) < 4.78 is 0. The van der Waals surface area contributed by atoms with Gasteiger partial charge in [0, 0.05) is 6.42 Å². The van der Waals surface area contributed by atoms with Gasteiger partial charge in [-0.2, -0.15) is 0 Å². The van der Waals surface area contributed by atoms with Gasteiger partial charge in [0.2, 0.25) is 17.7 Å². The number of amides is 3. The van der Waals surface area contributed by atoms with Crippen molar-refractivity contribution < 1.29 is 34.2 Å². The van der Waals surface area contributed by atoms with E-state index in [0.717, 1.165) is 6.42 Å². The van der Waals surface area contributed by atoms with Crippen molar-refractivity contribution in [2.24, 2.45) is 17.2 Å². The van der Waals surface area contributed by atoms with Crippen molar-refractivity contribution >= 4 is 29.7 Å². The Balaban J connectivity index is 4.80. The second-order valence-corrected chi connectivity index (χ2v) is 7.35. The highest BCUT2D eigenvalue weighted by Gasteiger charge is 2.25. The van der Waals surface area contributed by atoms with E-state index in [-0.39, 0.29) is 12.8 Å². The summed E-state index contributed by atoms with van der Waals surface area (Å²) in [6.45, 7) is 0.358. The lowest BCUT2D eigenvalue weighted by molar-refractivity contribution is -0.143. The molecule has 0 rings (SSSR count). The van der Waals surface area contributed by atoms with Crippen molar-refractivity contribution in [2.45, 2.75) is 69.5 Å². The van der Waals surface area contributed by atoms with Gasteiger partial charge in [-0.05, 0) is 51.6 Å². The first-order valence-electron chi connectivity index (χ1n) is 10.6. The molecule has 0 saturated carbocycles. The van der Waals surface area contributed by atoms with Crippen LogP contribution in [-0.2, 0) is 24.0 Å². The Bertz CT molecular complexity index is 631. The second-order valence-electron chi connectivity index (χ2n) is 7.35. The predicted molar refractivity (Wildman–Crippen MR) is 115 cm³/mol. The van der Waals surface area contributed by atoms with Crippen molar-refractivity contribution in [3.63, 3.8) is 0 Å². The Morgan fingerprint density at radius 1 is 0.750 bits per heavy atom. The first kappa shape index (κ1) is 29.2. The van der Waals surface area contributed by atoms with Crippen LogP contribution in [0, 0.1) is 0 Å². The number of hydrogen-bond acceptors (Lipinski definition) is 8. The molecule has 3 amide bonds. The molecule has 0 aromatic heterocycles. The van der Waals surface area contributed by atoms with E-state index >= 15 is 0 Å². The number of hydrogen-bond donors (Lipinski definition) is 8. The Labute approximate surface area is 186 Å². The Morgan fingerprint density at radius 3 is 1.88 bits per heavy atom. The number of carbonyl (C=O) groups is 5. The largest absolute Gasteiger partial charge is 0.481 e. The summed E-state index contributed by atoms with van der Waals surface area (Å²) in [4.78, 5) is 58.6. The molecule has 13 nitrogen and oxygen atoms in total. The lowest BCUT2D eigenvalue weighted by Gasteiger charge is -2.21. The summed E-state index contributed by atoms with van der Waals surface area (Å²) in [5.41, 5.74) is 16.7. The molecule has 3 atom stereocenters. The molecule has 184 valence electrons. The van der Waals surface area contributed by atoms with Crippen LogP contribution in [0.2, 0.25) is 0 Å². The third kappa shape index (κ3) is 13.5. The van der Waals surface area contributed by atoms with Gasteiger partial charge in [0.15, 0.2) is 0 Å². The highest BCUT2D eigenvalue weighted by Crippen LogP contribution is 2.04. The number of nitrogens with one attached hydrogen (secondary N) is 3. The topological polar surface area (TPSA) is 240 Å². The first-order chi connectivity index (χ1) is 15.1. The highest BCUT2D eigenvalue weighted by atomic mass is 16.4. The van der Waals surface area contributed by atoms with Gasteiger partial charge < -0.3 is 43.4 Å². The van der Waals surface area contributed by atoms with Gasteiger partial charge >= 0.3 is 11.9 Å². The molecule has 0 saturated heterocycles. The summed E-state index contributed by atoms with van der Waals surface area (Å²) in [7, 11) is 0. The fourth-order valence-electron chi connectivity index (χ4n) is 2.74. The second kappa shape index (κ2) is 16.9. The predicted octanol–water partition coefficient (Wildman–Crippen LogP) is -2.39. The zero-order valence-corrected chi connectivity index (χ0v) is 18.2. The molecule has 0 heterocycles. The standard InChI is InChI=1S/C19H36N6O7/c20-9-3-1-5-12(22)17(29)25-13(6-2-4-10-21)18(30)23-11-15(26)24-14(19(31)32)7-8-16(27)28/h12-14H,1-11,20-22H2,(H,23,30)(H,24,26)(H,25,29)(H,27,28)(H,31,32). The maximum Gasteiger partial charge on any atom is 0.326 e. The number of carbonyl (C=O) groups excluding carboxylic acids is 3. The minimum Gasteiger partial charge on any atom is -0.481 e. The minimum absolute atomic E-state index is 0.280. The van der Waals surface area contributed by atoms with Crippen LogP contribution in [0.5, 0.6) is 0 Å². The van der Waals surface area contributed by atoms with Crippen LogP contribution in [0.1, 0.15) is 51.4 Å². The molecular weight excluding hydrogens is 424 g/mol. The molecular formula is C19H36N6O7. The van der Waals surface area contributed by atoms with Gasteiger partial charge in [-0.3, -0.25) is 19.2 Å².